The van der Waals surface area contributed by atoms with Crippen LogP contribution in [0.1, 0.15) is 25.3 Å². The highest BCUT2D eigenvalue weighted by molar-refractivity contribution is 5.81. The Balaban J connectivity index is 2.17. The maximum atomic E-state index is 11.6. The molecule has 1 rings (SSSR count). The molecule has 0 aromatic heterocycles. The number of carbonyl (C=O) groups excluding carboxylic acids is 2. The smallest absolute Gasteiger partial charge is 0.404 e. The number of hydrogen-bond acceptors (Lipinski definition) is 4. The molecule has 6 heteroatoms. The van der Waals surface area contributed by atoms with Crippen LogP contribution in [-0.2, 0) is 16.0 Å². The Morgan fingerprint density at radius 3 is 2.57 bits per heavy atom. The summed E-state index contributed by atoms with van der Waals surface area (Å²) in [7, 11) is 0. The van der Waals surface area contributed by atoms with E-state index >= 15 is 0 Å². The van der Waals surface area contributed by atoms with Crippen LogP contribution in [0.5, 0.6) is 0 Å². The topological polar surface area (TPSA) is 102 Å². The summed E-state index contributed by atoms with van der Waals surface area (Å²) in [6, 6.07) is 10.1. The summed E-state index contributed by atoms with van der Waals surface area (Å²) in [5, 5.41) is 12.2. The Morgan fingerprint density at radius 1 is 1.29 bits per heavy atom. The fraction of sp³-hybridized carbons (Fsp3) is 0.467. The Hall–Kier alpha value is -2.08. The monoisotopic (exact) mass is 294 g/mol. The lowest BCUT2D eigenvalue weighted by Crippen LogP contribution is -2.43. The molecule has 116 valence electrons. The van der Waals surface area contributed by atoms with Gasteiger partial charge in [-0.1, -0.05) is 30.3 Å². The lowest BCUT2D eigenvalue weighted by molar-refractivity contribution is -0.134. The zero-order valence-corrected chi connectivity index (χ0v) is 12.1. The fourth-order valence-corrected chi connectivity index (χ4v) is 1.88. The van der Waals surface area contributed by atoms with Crippen molar-refractivity contribution in [1.82, 2.24) is 5.32 Å². The minimum absolute atomic E-state index is 0.464. The highest BCUT2D eigenvalue weighted by atomic mass is 16.6. The zero-order valence-electron chi connectivity index (χ0n) is 12.1. The number of nitrogens with two attached hydrogens (primary N) is 1. The van der Waals surface area contributed by atoms with E-state index in [1.165, 1.54) is 12.5 Å². The van der Waals surface area contributed by atoms with Crippen molar-refractivity contribution in [2.24, 2.45) is 5.73 Å². The van der Waals surface area contributed by atoms with Crippen molar-refractivity contribution in [2.75, 3.05) is 6.54 Å². The van der Waals surface area contributed by atoms with Gasteiger partial charge in [0.15, 0.2) is 6.10 Å². The van der Waals surface area contributed by atoms with Gasteiger partial charge >= 0.3 is 6.09 Å². The van der Waals surface area contributed by atoms with Crippen LogP contribution in [0.3, 0.4) is 0 Å². The molecule has 0 fully saturated rings. The van der Waals surface area contributed by atoms with Crippen LogP contribution >= 0.6 is 0 Å². The molecule has 2 amide bonds. The van der Waals surface area contributed by atoms with E-state index in [2.05, 4.69) is 22.2 Å². The molecule has 4 N–H and O–H groups in total. The van der Waals surface area contributed by atoms with Gasteiger partial charge in [0.1, 0.15) is 6.10 Å². The van der Waals surface area contributed by atoms with Gasteiger partial charge < -0.3 is 20.9 Å². The number of primary amides is 1. The summed E-state index contributed by atoms with van der Waals surface area (Å²) < 4.78 is 4.55. The predicted octanol–water partition coefficient (Wildman–Crippen LogP) is 0.970. The van der Waals surface area contributed by atoms with E-state index < -0.39 is 24.2 Å². The van der Waals surface area contributed by atoms with Crippen molar-refractivity contribution in [2.45, 2.75) is 38.4 Å². The summed E-state index contributed by atoms with van der Waals surface area (Å²) >= 11 is 0. The molecular weight excluding hydrogens is 272 g/mol. The molecule has 0 heterocycles. The predicted molar refractivity (Wildman–Crippen MR) is 78.5 cm³/mol. The van der Waals surface area contributed by atoms with Crippen LogP contribution < -0.4 is 11.1 Å². The van der Waals surface area contributed by atoms with E-state index in [0.29, 0.717) is 6.54 Å². The Morgan fingerprint density at radius 2 is 1.95 bits per heavy atom. The lowest BCUT2D eigenvalue weighted by Gasteiger charge is -2.17. The molecule has 0 bridgehead atoms. The van der Waals surface area contributed by atoms with E-state index in [1.54, 1.807) is 0 Å². The summed E-state index contributed by atoms with van der Waals surface area (Å²) in [5.41, 5.74) is 6.08. The first-order chi connectivity index (χ1) is 10.0. The van der Waals surface area contributed by atoms with Gasteiger partial charge in [-0.3, -0.25) is 4.79 Å². The molecule has 0 saturated heterocycles. The summed E-state index contributed by atoms with van der Waals surface area (Å²) in [6.07, 6.45) is -0.706. The normalized spacial score (nSPS) is 13.2. The maximum absolute atomic E-state index is 11.6. The van der Waals surface area contributed by atoms with Crippen LogP contribution in [0.15, 0.2) is 30.3 Å². The van der Waals surface area contributed by atoms with Crippen molar-refractivity contribution < 1.29 is 19.4 Å². The number of aryl methyl sites for hydroxylation is 1. The standard InChI is InChI=1S/C15H22N2O4/c1-11(21-15(16)20)13(18)14(19)17-10-6-5-9-12-7-3-2-4-8-12/h2-4,7-8,11,13,18H,5-6,9-10H2,1H3,(H2,16,20)(H,17,19). The minimum Gasteiger partial charge on any atom is -0.443 e. The van der Waals surface area contributed by atoms with Crippen LogP contribution in [0.4, 0.5) is 4.79 Å². The molecule has 2 atom stereocenters. The number of carbonyl (C=O) groups is 2. The maximum Gasteiger partial charge on any atom is 0.404 e. The number of benzene rings is 1. The van der Waals surface area contributed by atoms with E-state index in [-0.39, 0.29) is 0 Å². The van der Waals surface area contributed by atoms with Gasteiger partial charge in [-0.2, -0.15) is 0 Å². The van der Waals surface area contributed by atoms with Crippen LogP contribution in [0.25, 0.3) is 0 Å². The van der Waals surface area contributed by atoms with Gasteiger partial charge in [0.25, 0.3) is 5.91 Å². The molecule has 0 radical (unpaired) electrons. The molecular formula is C15H22N2O4. The first kappa shape index (κ1) is 17.0. The highest BCUT2D eigenvalue weighted by Crippen LogP contribution is 2.04. The molecule has 0 aliphatic heterocycles. The van der Waals surface area contributed by atoms with Crippen molar-refractivity contribution in [3.8, 4) is 0 Å². The number of nitrogens with one attached hydrogen (secondary N) is 1. The lowest BCUT2D eigenvalue weighted by atomic mass is 10.1. The van der Waals surface area contributed by atoms with Gasteiger partial charge in [-0.15, -0.1) is 0 Å². The molecule has 0 spiro atoms. The number of aliphatic hydroxyl groups excluding tert-OH is 1. The Kier molecular flexibility index (Phi) is 7.25. The van der Waals surface area contributed by atoms with E-state index in [0.717, 1.165) is 19.3 Å². The number of amides is 2. The van der Waals surface area contributed by atoms with Crippen LogP contribution in [-0.4, -0.2) is 35.9 Å². The van der Waals surface area contributed by atoms with Crippen molar-refractivity contribution in [1.29, 1.82) is 0 Å². The van der Waals surface area contributed by atoms with Gasteiger partial charge in [0, 0.05) is 6.54 Å². The molecule has 6 nitrogen and oxygen atoms in total. The second-order valence-corrected chi connectivity index (χ2v) is 4.82. The molecule has 1 aromatic carbocycles. The fourth-order valence-electron chi connectivity index (χ4n) is 1.88. The average Bonchev–Trinajstić information content (AvgIpc) is 2.46. The molecule has 0 aliphatic rings. The van der Waals surface area contributed by atoms with Gasteiger partial charge in [-0.05, 0) is 31.7 Å². The van der Waals surface area contributed by atoms with Crippen LogP contribution in [0, 0.1) is 0 Å². The first-order valence-corrected chi connectivity index (χ1v) is 6.96. The number of ether oxygens (including phenoxy) is 1. The van der Waals surface area contributed by atoms with Crippen LogP contribution in [0.2, 0.25) is 0 Å². The molecule has 0 aliphatic carbocycles. The van der Waals surface area contributed by atoms with Crippen molar-refractivity contribution in [3.05, 3.63) is 35.9 Å². The number of rotatable bonds is 8. The summed E-state index contributed by atoms with van der Waals surface area (Å²) in [5.74, 6) is -0.566. The van der Waals surface area contributed by atoms with Crippen molar-refractivity contribution in [3.63, 3.8) is 0 Å². The van der Waals surface area contributed by atoms with Crippen molar-refractivity contribution >= 4 is 12.0 Å². The Labute approximate surface area is 124 Å². The quantitative estimate of drug-likeness (QED) is 0.622. The molecule has 0 saturated carbocycles. The molecule has 21 heavy (non-hydrogen) atoms. The highest BCUT2D eigenvalue weighted by Gasteiger charge is 2.24. The van der Waals surface area contributed by atoms with E-state index in [1.807, 2.05) is 18.2 Å². The third-order valence-corrected chi connectivity index (χ3v) is 3.05. The number of hydrogen-bond donors (Lipinski definition) is 3. The summed E-state index contributed by atoms with van der Waals surface area (Å²) in [6.45, 7) is 1.87. The SMILES string of the molecule is CC(OC(N)=O)C(O)C(=O)NCCCCc1ccccc1. The second-order valence-electron chi connectivity index (χ2n) is 4.82. The zero-order chi connectivity index (χ0) is 15.7. The Bertz CT molecular complexity index is 450. The number of unbranched alkanes of at least 4 members (excludes halogenated alkanes) is 1. The largest absolute Gasteiger partial charge is 0.443 e. The molecule has 1 aromatic rings. The first-order valence-electron chi connectivity index (χ1n) is 6.96. The van der Waals surface area contributed by atoms with Gasteiger partial charge in [0.05, 0.1) is 0 Å². The second kappa shape index (κ2) is 8.97. The average molecular weight is 294 g/mol. The number of aliphatic hydroxyl groups is 1. The molecule has 2 unspecified atom stereocenters. The third-order valence-electron chi connectivity index (χ3n) is 3.05. The summed E-state index contributed by atoms with van der Waals surface area (Å²) in [4.78, 5) is 22.1. The van der Waals surface area contributed by atoms with E-state index in [9.17, 15) is 14.7 Å². The van der Waals surface area contributed by atoms with Gasteiger partial charge in [0.2, 0.25) is 0 Å². The third kappa shape index (κ3) is 6.76. The van der Waals surface area contributed by atoms with E-state index in [4.69, 9.17) is 5.73 Å². The minimum atomic E-state index is -1.41. The van der Waals surface area contributed by atoms with Gasteiger partial charge in [-0.25, -0.2) is 4.79 Å².